The van der Waals surface area contributed by atoms with Crippen molar-refractivity contribution in [2.75, 3.05) is 0 Å². The number of rotatable bonds is 6. The van der Waals surface area contributed by atoms with E-state index in [0.717, 1.165) is 12.8 Å². The van der Waals surface area contributed by atoms with E-state index in [1.165, 1.54) is 231 Å². The van der Waals surface area contributed by atoms with E-state index in [0.29, 0.717) is 0 Å². The Morgan fingerprint density at radius 3 is 0.868 bits per heavy atom. The lowest BCUT2D eigenvalue weighted by atomic mass is 9.85. The number of nitrogens with zero attached hydrogens (tertiary/aromatic N) is 4. The molecule has 136 heavy (non-hydrogen) atoms. The molecule has 0 spiro atoms. The van der Waals surface area contributed by atoms with E-state index in [9.17, 15) is 0 Å². The van der Waals surface area contributed by atoms with E-state index >= 15 is 0 Å². The molecule has 0 amide bonds. The fourth-order valence-corrected chi connectivity index (χ4v) is 20.7. The zero-order valence-electron chi connectivity index (χ0n) is 78.2. The Labute approximate surface area is 796 Å². The molecule has 0 fully saturated rings. The van der Waals surface area contributed by atoms with Crippen LogP contribution in [0.1, 0.15) is 86.1 Å². The molecular weight excluding hydrogens is 1640 g/mol. The van der Waals surface area contributed by atoms with Crippen LogP contribution in [0.5, 0.6) is 0 Å². The first-order valence-corrected chi connectivity index (χ1v) is 47.7. The van der Waals surface area contributed by atoms with Crippen molar-refractivity contribution in [2.24, 2.45) is 0 Å². The molecule has 0 saturated heterocycles. The molecule has 4 heterocycles. The first kappa shape index (κ1) is 85.1. The van der Waals surface area contributed by atoms with Crippen LogP contribution in [0.4, 0.5) is 0 Å². The van der Waals surface area contributed by atoms with Gasteiger partial charge in [-0.2, -0.15) is 0 Å². The molecule has 0 bridgehead atoms. The molecule has 654 valence electrons. The monoisotopic (exact) mass is 1750 g/mol. The Kier molecular flexibility index (Phi) is 22.5. The van der Waals surface area contributed by atoms with Gasteiger partial charge >= 0.3 is 0 Å². The van der Waals surface area contributed by atoms with Crippen molar-refractivity contribution >= 4 is 120 Å². The minimum atomic E-state index is 0.136. The molecule has 0 atom stereocenters. The van der Waals surface area contributed by atoms with Crippen molar-refractivity contribution in [3.05, 3.63) is 518 Å². The average Bonchev–Trinajstić information content (AvgIpc) is 1.59. The van der Waals surface area contributed by atoms with Gasteiger partial charge in [-0.05, 0) is 293 Å². The van der Waals surface area contributed by atoms with Gasteiger partial charge in [-0.15, -0.1) is 0 Å². The molecule has 2 aliphatic carbocycles. The summed E-state index contributed by atoms with van der Waals surface area (Å²) < 4.78 is 9.44. The number of fused-ring (bicyclic) bond motifs is 22. The van der Waals surface area contributed by atoms with Crippen LogP contribution in [0, 0.1) is 13.8 Å². The number of aryl methyl sites for hydroxylation is 2. The molecular formula is C132H106N4. The molecule has 25 aromatic rings. The molecule has 27 rings (SSSR count). The van der Waals surface area contributed by atoms with E-state index in [4.69, 9.17) is 0 Å². The van der Waals surface area contributed by atoms with Gasteiger partial charge in [0.15, 0.2) is 0 Å². The van der Waals surface area contributed by atoms with Crippen LogP contribution in [-0.2, 0) is 23.7 Å². The number of benzene rings is 21. The Bertz CT molecular complexity index is 8420. The van der Waals surface area contributed by atoms with Crippen LogP contribution in [0.15, 0.2) is 473 Å². The minimum absolute atomic E-state index is 0.136. The highest BCUT2D eigenvalue weighted by Gasteiger charge is 2.26. The van der Waals surface area contributed by atoms with Crippen molar-refractivity contribution < 1.29 is 0 Å². The maximum atomic E-state index is 2.39. The summed E-state index contributed by atoms with van der Waals surface area (Å²) in [7, 11) is 0. The molecule has 4 aromatic heterocycles. The molecule has 0 radical (unpaired) electrons. The second-order valence-corrected chi connectivity index (χ2v) is 38.5. The van der Waals surface area contributed by atoms with Gasteiger partial charge in [0.1, 0.15) is 0 Å². The van der Waals surface area contributed by atoms with Crippen molar-refractivity contribution in [3.8, 4) is 67.3 Å². The summed E-state index contributed by atoms with van der Waals surface area (Å²) >= 11 is 0. The molecule has 4 nitrogen and oxygen atoms in total. The van der Waals surface area contributed by atoms with Gasteiger partial charge in [-0.1, -0.05) is 380 Å². The summed E-state index contributed by atoms with van der Waals surface area (Å²) in [6.07, 6.45) is 2.14. The van der Waals surface area contributed by atoms with Gasteiger partial charge in [-0.3, -0.25) is 0 Å². The zero-order valence-corrected chi connectivity index (χ0v) is 78.2. The number of hydrogen-bond acceptors (Lipinski definition) is 0. The highest BCUT2D eigenvalue weighted by Crippen LogP contribution is 2.46. The summed E-state index contributed by atoms with van der Waals surface area (Å²) in [5.74, 6) is 0. The van der Waals surface area contributed by atoms with E-state index in [-0.39, 0.29) is 10.8 Å². The van der Waals surface area contributed by atoms with Crippen molar-refractivity contribution in [1.29, 1.82) is 0 Å². The topological polar surface area (TPSA) is 19.7 Å². The summed E-state index contributed by atoms with van der Waals surface area (Å²) in [5.41, 5.74) is 37.0. The highest BCUT2D eigenvalue weighted by molar-refractivity contribution is 6.14. The van der Waals surface area contributed by atoms with Gasteiger partial charge in [0.2, 0.25) is 0 Å². The highest BCUT2D eigenvalue weighted by atomic mass is 15.0. The SMILES string of the molecule is CC(C)(C)c1ccc2c(c1)c1cc(C(C)(C)C)ccc1n2-c1ccccc1.Cc1ccc2c(c1)c1cc(C)ccc1n2-c1ccccc1.c1ccc(-c2ccc3c(c2)c2cc(-c4ccccc4)ccc2n3-c2ccccc2)cc1.c1ccc(-n2c3ccccc3c3ccccc32)cc1.c1ccc2c(c1)Cc1ccc3ccccc3c1-2.c1ccc2cc3c(cc2c1)Cc1cc2ccccc2cc1-3. The normalized spacial score (nSPS) is 11.9. The van der Waals surface area contributed by atoms with Gasteiger partial charge in [-0.25, -0.2) is 0 Å². The predicted octanol–water partition coefficient (Wildman–Crippen LogP) is 35.7. The fourth-order valence-electron chi connectivity index (χ4n) is 20.7. The molecule has 0 aliphatic heterocycles. The summed E-state index contributed by atoms with van der Waals surface area (Å²) in [6.45, 7) is 18.0. The third kappa shape index (κ3) is 16.4. The first-order chi connectivity index (χ1) is 66.5. The van der Waals surface area contributed by atoms with Crippen LogP contribution >= 0.6 is 0 Å². The van der Waals surface area contributed by atoms with E-state index in [2.05, 4.69) is 547 Å². The molecule has 4 heteroatoms. The van der Waals surface area contributed by atoms with E-state index < -0.39 is 0 Å². The maximum absolute atomic E-state index is 2.39. The second kappa shape index (κ2) is 35.9. The summed E-state index contributed by atoms with van der Waals surface area (Å²) in [5, 5.41) is 18.6. The lowest BCUT2D eigenvalue weighted by Gasteiger charge is -2.19. The van der Waals surface area contributed by atoms with Gasteiger partial charge in [0, 0.05) is 65.8 Å². The predicted molar refractivity (Wildman–Crippen MR) is 583 cm³/mol. The van der Waals surface area contributed by atoms with Crippen molar-refractivity contribution in [3.63, 3.8) is 0 Å². The van der Waals surface area contributed by atoms with Crippen molar-refractivity contribution in [2.45, 2.75) is 79.1 Å². The molecule has 0 saturated carbocycles. The average molecular weight is 1750 g/mol. The van der Waals surface area contributed by atoms with Crippen LogP contribution in [0.2, 0.25) is 0 Å². The Hall–Kier alpha value is -16.4. The summed E-state index contributed by atoms with van der Waals surface area (Å²) in [6, 6.07) is 170. The number of para-hydroxylation sites is 6. The molecule has 21 aromatic carbocycles. The van der Waals surface area contributed by atoms with Gasteiger partial charge in [0.05, 0.1) is 44.1 Å². The lowest BCUT2D eigenvalue weighted by Crippen LogP contribution is -2.10. The van der Waals surface area contributed by atoms with Crippen LogP contribution in [0.3, 0.4) is 0 Å². The van der Waals surface area contributed by atoms with Gasteiger partial charge < -0.3 is 18.3 Å². The molecule has 2 aliphatic rings. The molecule has 0 unspecified atom stereocenters. The van der Waals surface area contributed by atoms with Crippen LogP contribution in [0.25, 0.3) is 187 Å². The van der Waals surface area contributed by atoms with E-state index in [1.807, 2.05) is 0 Å². The number of aromatic nitrogens is 4. The molecule has 0 N–H and O–H groups in total. The zero-order chi connectivity index (χ0) is 92.1. The minimum Gasteiger partial charge on any atom is -0.309 e. The lowest BCUT2D eigenvalue weighted by molar-refractivity contribution is 0.590. The quantitative estimate of drug-likeness (QED) is 0.158. The second-order valence-electron chi connectivity index (χ2n) is 38.5. The third-order valence-corrected chi connectivity index (χ3v) is 27.5. The maximum Gasteiger partial charge on any atom is 0.0541 e. The Morgan fingerprint density at radius 1 is 0.176 bits per heavy atom. The van der Waals surface area contributed by atoms with Crippen LogP contribution in [-0.4, -0.2) is 18.3 Å². The summed E-state index contributed by atoms with van der Waals surface area (Å²) in [4.78, 5) is 0. The Morgan fingerprint density at radius 2 is 0.471 bits per heavy atom. The van der Waals surface area contributed by atoms with Crippen LogP contribution < -0.4 is 0 Å². The number of hydrogen-bond donors (Lipinski definition) is 0. The van der Waals surface area contributed by atoms with E-state index in [1.54, 1.807) is 0 Å². The third-order valence-electron chi connectivity index (χ3n) is 27.5. The largest absolute Gasteiger partial charge is 0.309 e. The first-order valence-electron chi connectivity index (χ1n) is 47.7. The van der Waals surface area contributed by atoms with Crippen molar-refractivity contribution in [1.82, 2.24) is 18.3 Å². The standard InChI is InChI=1S/C30H21N.C26H29N.C21H14.C20H17N.C18H13N.C17H12/c1-4-10-22(11-5-1)24-16-18-29-27(20-24)28-21-25(23-12-6-2-7-13-23)17-19-30(28)31(29)26-14-8-3-9-15-26;1-25(2,3)18-12-14-23-21(16-18)22-17-19(26(4,5)6)13-15-24(22)27(23)20-10-8-7-9-11-20;1-3-7-16-12-20-18(9-14(16)5-1)11-19-10-15-6-2-4-8-17(15)13-21(19)20;1-14-8-10-19-17(12-14)18-13-15(2)9-11-20(18)21(19)16-6-4-3-5-7-16;1-2-8-14(9-3-1)19-17-12-6-4-10-15(17)16-11-5-7-13-18(16)19;1-3-7-15-12(5-1)9-10-14-11-13-6-2-4-8-16(13)17(14)15/h1-21H;7-17H,1-6H3;1-10,12-13H,11H2;3-13H,1-2H3;1-13H;1-10H,11H2. The van der Waals surface area contributed by atoms with Gasteiger partial charge in [0.25, 0.3) is 0 Å². The Balaban J connectivity index is 0.0000000956. The smallest absolute Gasteiger partial charge is 0.0541 e. The fraction of sp³-hybridized carbons (Fsp3) is 0.0909.